The molecule has 1 N–H and O–H groups in total. The van der Waals surface area contributed by atoms with Crippen LogP contribution >= 0.6 is 0 Å². The molecule has 6 aromatic carbocycles. The van der Waals surface area contributed by atoms with Gasteiger partial charge in [0.2, 0.25) is 0 Å². The number of fused-ring (bicyclic) bond motifs is 12. The van der Waals surface area contributed by atoms with Crippen LogP contribution in [-0.4, -0.2) is 16.3 Å². The van der Waals surface area contributed by atoms with Gasteiger partial charge in [-0.1, -0.05) is 114 Å². The summed E-state index contributed by atoms with van der Waals surface area (Å²) in [6.07, 6.45) is 0. The van der Waals surface area contributed by atoms with Crippen molar-refractivity contribution in [3.05, 3.63) is 120 Å². The van der Waals surface area contributed by atoms with Crippen LogP contribution in [0.2, 0.25) is 0 Å². The Kier molecular flexibility index (Phi) is 5.36. The van der Waals surface area contributed by atoms with Gasteiger partial charge in [0, 0.05) is 59.9 Å². The number of hydrogen-bond donors (Lipinski definition) is 1. The Bertz CT molecular complexity index is 2810. The summed E-state index contributed by atoms with van der Waals surface area (Å²) in [7, 11) is 0. The number of benzene rings is 6. The number of aromatic nitrogens is 2. The van der Waals surface area contributed by atoms with Gasteiger partial charge in [-0.3, -0.25) is 0 Å². The average molecular weight is 621 g/mol. The van der Waals surface area contributed by atoms with Gasteiger partial charge in [-0.2, -0.15) is 0 Å². The highest BCUT2D eigenvalue weighted by Crippen LogP contribution is 2.44. The molecule has 0 fully saturated rings. The summed E-state index contributed by atoms with van der Waals surface area (Å²) in [6.45, 7) is 13.8. The van der Waals surface area contributed by atoms with E-state index >= 15 is 0 Å². The Labute approximate surface area is 280 Å². The van der Waals surface area contributed by atoms with Crippen molar-refractivity contribution in [3.63, 3.8) is 0 Å². The standard InChI is InChI=1S/C44H37BN2O/c1-43(2,3)25-18-21-37-32(22-25)34-24-26(44(4,5)6)23-33-29-19-20-30-27-12-7-9-16-36(27)46-40(30)39(29)45(47(37)41(33)34)35-15-11-14-31-28-13-8-10-17-38(28)48-42(31)35/h7-24,46H,1-6H3. The highest BCUT2D eigenvalue weighted by atomic mass is 16.3. The van der Waals surface area contributed by atoms with E-state index in [1.165, 1.54) is 71.3 Å². The molecule has 4 heterocycles. The lowest BCUT2D eigenvalue weighted by Crippen LogP contribution is -2.51. The Balaban J connectivity index is 1.44. The molecule has 1 aliphatic rings. The van der Waals surface area contributed by atoms with Gasteiger partial charge < -0.3 is 13.9 Å². The second-order valence-electron chi connectivity index (χ2n) is 15.9. The van der Waals surface area contributed by atoms with Gasteiger partial charge in [0.1, 0.15) is 11.2 Å². The Morgan fingerprint density at radius 3 is 2.12 bits per heavy atom. The summed E-state index contributed by atoms with van der Waals surface area (Å²) in [5.74, 6) is 0. The minimum Gasteiger partial charge on any atom is -0.457 e. The maximum atomic E-state index is 6.80. The SMILES string of the molecule is CC(C)(C)c1ccc2c(c1)c1cc(C(C)(C)C)cc3c1n2B(c1cccc2c1oc1ccccc12)c1c-3ccc2c1[nH]c1ccccc12. The molecule has 0 spiro atoms. The van der Waals surface area contributed by atoms with E-state index in [0.717, 1.165) is 27.5 Å². The van der Waals surface area contributed by atoms with Gasteiger partial charge in [-0.05, 0) is 74.8 Å². The largest absolute Gasteiger partial charge is 0.457 e. The van der Waals surface area contributed by atoms with Gasteiger partial charge in [0.15, 0.2) is 0 Å². The number of rotatable bonds is 1. The average Bonchev–Trinajstić information content (AvgIpc) is 3.74. The van der Waals surface area contributed by atoms with E-state index in [1.54, 1.807) is 0 Å². The number of para-hydroxylation sites is 3. The van der Waals surface area contributed by atoms with Crippen LogP contribution in [0.4, 0.5) is 0 Å². The van der Waals surface area contributed by atoms with Crippen molar-refractivity contribution in [1.29, 1.82) is 0 Å². The van der Waals surface area contributed by atoms with E-state index in [-0.39, 0.29) is 17.7 Å². The molecule has 0 saturated carbocycles. The molecule has 232 valence electrons. The number of H-pyrrole nitrogens is 1. The molecular formula is C44H37BN2O. The number of aromatic amines is 1. The van der Waals surface area contributed by atoms with Gasteiger partial charge in [0.05, 0.1) is 0 Å². The van der Waals surface area contributed by atoms with Crippen LogP contribution in [0.15, 0.2) is 114 Å². The first-order valence-corrected chi connectivity index (χ1v) is 17.1. The van der Waals surface area contributed by atoms with E-state index < -0.39 is 0 Å². The van der Waals surface area contributed by atoms with Crippen molar-refractivity contribution in [3.8, 4) is 11.1 Å². The van der Waals surface area contributed by atoms with E-state index in [4.69, 9.17) is 4.42 Å². The van der Waals surface area contributed by atoms with Gasteiger partial charge in [-0.25, -0.2) is 0 Å². The maximum absolute atomic E-state index is 6.80. The topological polar surface area (TPSA) is 33.9 Å². The van der Waals surface area contributed by atoms with Crippen LogP contribution in [0.1, 0.15) is 52.7 Å². The molecule has 10 rings (SSSR count). The zero-order valence-electron chi connectivity index (χ0n) is 28.3. The van der Waals surface area contributed by atoms with Crippen LogP contribution in [0, 0.1) is 0 Å². The van der Waals surface area contributed by atoms with Crippen LogP contribution < -0.4 is 10.9 Å². The lowest BCUT2D eigenvalue weighted by atomic mass is 9.47. The number of nitrogens with one attached hydrogen (secondary N) is 1. The quantitative estimate of drug-likeness (QED) is 0.182. The molecule has 4 heteroatoms. The molecule has 0 amide bonds. The zero-order chi connectivity index (χ0) is 32.7. The van der Waals surface area contributed by atoms with E-state index in [2.05, 4.69) is 160 Å². The highest BCUT2D eigenvalue weighted by Gasteiger charge is 2.39. The fraction of sp³-hybridized carbons (Fsp3) is 0.182. The summed E-state index contributed by atoms with van der Waals surface area (Å²) in [4.78, 5) is 3.91. The molecule has 3 nitrogen and oxygen atoms in total. The molecule has 3 aromatic heterocycles. The first-order valence-electron chi connectivity index (χ1n) is 17.1. The van der Waals surface area contributed by atoms with Gasteiger partial charge in [0.25, 0.3) is 0 Å². The molecule has 1 aliphatic heterocycles. The second-order valence-corrected chi connectivity index (χ2v) is 15.9. The molecule has 48 heavy (non-hydrogen) atoms. The molecule has 0 atom stereocenters. The molecule has 0 bridgehead atoms. The lowest BCUT2D eigenvalue weighted by Gasteiger charge is -2.30. The third kappa shape index (κ3) is 3.66. The van der Waals surface area contributed by atoms with Gasteiger partial charge in [-0.15, -0.1) is 0 Å². The number of nitrogens with zero attached hydrogens (tertiary/aromatic N) is 1. The van der Waals surface area contributed by atoms with Crippen molar-refractivity contribution in [2.45, 2.75) is 52.4 Å². The van der Waals surface area contributed by atoms with E-state index in [0.29, 0.717) is 0 Å². The molecule has 9 aromatic rings. The van der Waals surface area contributed by atoms with E-state index in [9.17, 15) is 0 Å². The van der Waals surface area contributed by atoms with Crippen molar-refractivity contribution < 1.29 is 4.42 Å². The molecular weight excluding hydrogens is 583 g/mol. The fourth-order valence-electron chi connectivity index (χ4n) is 8.42. The lowest BCUT2D eigenvalue weighted by molar-refractivity contribution is 0.590. The van der Waals surface area contributed by atoms with Crippen LogP contribution in [0.25, 0.3) is 76.7 Å². The maximum Gasteiger partial charge on any atom is 0.334 e. The number of hydrogen-bond acceptors (Lipinski definition) is 1. The predicted molar refractivity (Wildman–Crippen MR) is 206 cm³/mol. The minimum absolute atomic E-state index is 0.0111. The van der Waals surface area contributed by atoms with Crippen molar-refractivity contribution in [1.82, 2.24) is 9.46 Å². The van der Waals surface area contributed by atoms with Crippen molar-refractivity contribution in [2.24, 2.45) is 0 Å². The Hall–Kier alpha value is -5.22. The van der Waals surface area contributed by atoms with Crippen molar-refractivity contribution >= 4 is 83.3 Å². The summed E-state index contributed by atoms with van der Waals surface area (Å²) in [5, 5.41) is 7.45. The molecule has 0 aliphatic carbocycles. The third-order valence-electron chi connectivity index (χ3n) is 10.9. The van der Waals surface area contributed by atoms with Crippen LogP contribution in [0.3, 0.4) is 0 Å². The fourth-order valence-corrected chi connectivity index (χ4v) is 8.42. The Morgan fingerprint density at radius 1 is 0.583 bits per heavy atom. The normalized spacial score (nSPS) is 13.6. The summed E-state index contributed by atoms with van der Waals surface area (Å²) < 4.78 is 9.43. The molecule has 0 radical (unpaired) electrons. The monoisotopic (exact) mass is 620 g/mol. The summed E-state index contributed by atoms with van der Waals surface area (Å²) in [5.41, 5.74) is 14.6. The van der Waals surface area contributed by atoms with Crippen LogP contribution in [0.5, 0.6) is 0 Å². The zero-order valence-corrected chi connectivity index (χ0v) is 28.3. The summed E-state index contributed by atoms with van der Waals surface area (Å²) >= 11 is 0. The molecule has 0 unspecified atom stereocenters. The first-order chi connectivity index (χ1) is 23.1. The highest BCUT2D eigenvalue weighted by molar-refractivity contribution is 6.90. The minimum atomic E-state index is -0.116. The second kappa shape index (κ2) is 9.23. The van der Waals surface area contributed by atoms with E-state index in [1.807, 2.05) is 0 Å². The Morgan fingerprint density at radius 2 is 1.31 bits per heavy atom. The summed E-state index contributed by atoms with van der Waals surface area (Å²) in [6, 6.07) is 40.7. The smallest absolute Gasteiger partial charge is 0.334 e. The number of furan rings is 1. The van der Waals surface area contributed by atoms with Gasteiger partial charge >= 0.3 is 6.85 Å². The van der Waals surface area contributed by atoms with Crippen molar-refractivity contribution in [2.75, 3.05) is 0 Å². The third-order valence-corrected chi connectivity index (χ3v) is 10.9. The molecule has 0 saturated heterocycles. The predicted octanol–water partition coefficient (Wildman–Crippen LogP) is 10.6. The van der Waals surface area contributed by atoms with Crippen LogP contribution in [-0.2, 0) is 10.8 Å². The first kappa shape index (κ1) is 27.9.